The van der Waals surface area contributed by atoms with Crippen molar-refractivity contribution in [2.24, 2.45) is 4.99 Å². The van der Waals surface area contributed by atoms with Gasteiger partial charge in [0.1, 0.15) is 23.0 Å². The molecule has 7 nitrogen and oxygen atoms in total. The first-order valence-electron chi connectivity index (χ1n) is 11.0. The molecule has 1 N–H and O–H groups in total. The SMILES string of the molecule is C#CCOc1c(I)cc(C=C2SC(=NC(=O)c3ccc(C)cc3)C(C(=O)OCC)=C2O)cc1OCC. The number of hydrogen-bond donors (Lipinski definition) is 1. The van der Waals surface area contributed by atoms with E-state index in [0.29, 0.717) is 34.1 Å². The Kier molecular flexibility index (Phi) is 9.61. The van der Waals surface area contributed by atoms with Gasteiger partial charge < -0.3 is 19.3 Å². The van der Waals surface area contributed by atoms with Crippen LogP contribution >= 0.6 is 34.4 Å². The summed E-state index contributed by atoms with van der Waals surface area (Å²) >= 11 is 3.12. The lowest BCUT2D eigenvalue weighted by atomic mass is 10.1. The van der Waals surface area contributed by atoms with Crippen molar-refractivity contribution in [1.29, 1.82) is 0 Å². The Labute approximate surface area is 227 Å². The number of hydrogen-bond acceptors (Lipinski definition) is 7. The molecule has 0 fully saturated rings. The molecule has 3 rings (SSSR count). The highest BCUT2D eigenvalue weighted by Crippen LogP contribution is 2.41. The Bertz CT molecular complexity index is 1300. The van der Waals surface area contributed by atoms with Crippen LogP contribution in [0, 0.1) is 22.8 Å². The zero-order chi connectivity index (χ0) is 26.2. The smallest absolute Gasteiger partial charge is 0.344 e. The highest BCUT2D eigenvalue weighted by molar-refractivity contribution is 14.1. The molecule has 0 saturated heterocycles. The van der Waals surface area contributed by atoms with E-state index >= 15 is 0 Å². The molecule has 2 aromatic rings. The van der Waals surface area contributed by atoms with Gasteiger partial charge in [0.05, 0.1) is 21.7 Å². The molecule has 1 heterocycles. The van der Waals surface area contributed by atoms with E-state index in [1.165, 1.54) is 0 Å². The van der Waals surface area contributed by atoms with Gasteiger partial charge in [0.15, 0.2) is 11.5 Å². The van der Waals surface area contributed by atoms with E-state index in [4.69, 9.17) is 20.6 Å². The fourth-order valence-corrected chi connectivity index (χ4v) is 4.98. The first kappa shape index (κ1) is 27.4. The molecule has 2 aromatic carbocycles. The summed E-state index contributed by atoms with van der Waals surface area (Å²) in [5, 5.41) is 11.0. The third-order valence-corrected chi connectivity index (χ3v) is 6.62. The lowest BCUT2D eigenvalue weighted by Gasteiger charge is -2.13. The number of thioether (sulfide) groups is 1. The number of aliphatic hydroxyl groups excluding tert-OH is 1. The van der Waals surface area contributed by atoms with E-state index in [-0.39, 0.29) is 29.6 Å². The first-order chi connectivity index (χ1) is 17.3. The van der Waals surface area contributed by atoms with Crippen LogP contribution in [0.4, 0.5) is 0 Å². The van der Waals surface area contributed by atoms with Crippen molar-refractivity contribution in [3.63, 3.8) is 0 Å². The van der Waals surface area contributed by atoms with E-state index < -0.39 is 11.9 Å². The number of amides is 1. The number of aliphatic imine (C=N–C) groups is 1. The largest absolute Gasteiger partial charge is 0.506 e. The van der Waals surface area contributed by atoms with Gasteiger partial charge in [0.2, 0.25) is 0 Å². The second-order valence-electron chi connectivity index (χ2n) is 7.40. The standard InChI is InChI=1S/C27H24INO6S/c1-5-12-35-24-19(28)13-17(14-20(24)33-6-2)15-21-23(30)22(27(32)34-7-3)26(36-21)29-25(31)18-10-8-16(4)9-11-18/h1,8-11,13-15,30H,6-7,12H2,2-4H3. The van der Waals surface area contributed by atoms with Crippen LogP contribution in [0.25, 0.3) is 6.08 Å². The van der Waals surface area contributed by atoms with Crippen molar-refractivity contribution in [1.82, 2.24) is 0 Å². The Balaban J connectivity index is 2.03. The minimum atomic E-state index is -0.760. The zero-order valence-corrected chi connectivity index (χ0v) is 22.9. The minimum absolute atomic E-state index is 0.0662. The molecule has 1 amide bonds. The summed E-state index contributed by atoms with van der Waals surface area (Å²) in [5.41, 5.74) is 1.90. The van der Waals surface area contributed by atoms with E-state index in [0.717, 1.165) is 20.9 Å². The third kappa shape index (κ3) is 6.50. The van der Waals surface area contributed by atoms with Gasteiger partial charge in [-0.3, -0.25) is 4.79 Å². The molecule has 0 spiro atoms. The fraction of sp³-hybridized carbons (Fsp3) is 0.222. The van der Waals surface area contributed by atoms with Crippen molar-refractivity contribution in [3.05, 3.63) is 72.9 Å². The quantitative estimate of drug-likeness (QED) is 0.230. The number of benzene rings is 2. The summed E-state index contributed by atoms with van der Waals surface area (Å²) in [6.07, 6.45) is 6.99. The molecule has 0 saturated carbocycles. The summed E-state index contributed by atoms with van der Waals surface area (Å²) in [6, 6.07) is 10.5. The second-order valence-corrected chi connectivity index (χ2v) is 9.59. The van der Waals surface area contributed by atoms with Crippen molar-refractivity contribution >= 4 is 57.3 Å². The van der Waals surface area contributed by atoms with E-state index in [2.05, 4.69) is 33.5 Å². The minimum Gasteiger partial charge on any atom is -0.506 e. The van der Waals surface area contributed by atoms with Gasteiger partial charge >= 0.3 is 5.97 Å². The second kappa shape index (κ2) is 12.6. The normalized spacial score (nSPS) is 15.2. The average Bonchev–Trinajstić information content (AvgIpc) is 3.13. The molecule has 0 bridgehead atoms. The molecule has 0 radical (unpaired) electrons. The van der Waals surface area contributed by atoms with Crippen molar-refractivity contribution < 1.29 is 28.9 Å². The van der Waals surface area contributed by atoms with Crippen molar-refractivity contribution in [3.8, 4) is 23.8 Å². The monoisotopic (exact) mass is 617 g/mol. The van der Waals surface area contributed by atoms with Gasteiger partial charge in [-0.15, -0.1) is 6.42 Å². The van der Waals surface area contributed by atoms with Crippen LogP contribution in [0.1, 0.15) is 35.3 Å². The van der Waals surface area contributed by atoms with Gasteiger partial charge in [-0.05, 0) is 79.3 Å². The Hall–Kier alpha value is -3.23. The van der Waals surface area contributed by atoms with Gasteiger partial charge in [-0.2, -0.15) is 0 Å². The number of ether oxygens (including phenoxy) is 3. The number of aliphatic hydroxyl groups is 1. The summed E-state index contributed by atoms with van der Waals surface area (Å²) in [4.78, 5) is 29.9. The molecular formula is C27H24INO6S. The molecule has 1 aliphatic rings. The Morgan fingerprint density at radius 3 is 2.53 bits per heavy atom. The molecule has 0 aliphatic carbocycles. The lowest BCUT2D eigenvalue weighted by Crippen LogP contribution is -2.14. The maximum Gasteiger partial charge on any atom is 0.344 e. The first-order valence-corrected chi connectivity index (χ1v) is 12.9. The van der Waals surface area contributed by atoms with Crippen molar-refractivity contribution in [2.45, 2.75) is 20.8 Å². The van der Waals surface area contributed by atoms with Crippen LogP contribution in [0.15, 0.2) is 57.6 Å². The number of carbonyl (C=O) groups excluding carboxylic acids is 2. The molecule has 1 aliphatic heterocycles. The third-order valence-electron chi connectivity index (χ3n) is 4.80. The maximum absolute atomic E-state index is 12.8. The van der Waals surface area contributed by atoms with E-state index in [1.54, 1.807) is 43.3 Å². The number of rotatable bonds is 8. The van der Waals surface area contributed by atoms with Crippen LogP contribution in [0.5, 0.6) is 11.5 Å². The number of esters is 1. The summed E-state index contributed by atoms with van der Waals surface area (Å²) in [6.45, 7) is 6.03. The number of terminal acetylenes is 1. The molecule has 36 heavy (non-hydrogen) atoms. The highest BCUT2D eigenvalue weighted by atomic mass is 127. The predicted molar refractivity (Wildman–Crippen MR) is 149 cm³/mol. The van der Waals surface area contributed by atoms with Crippen LogP contribution in [0.2, 0.25) is 0 Å². The van der Waals surface area contributed by atoms with Crippen LogP contribution in [0.3, 0.4) is 0 Å². The van der Waals surface area contributed by atoms with Crippen molar-refractivity contribution in [2.75, 3.05) is 19.8 Å². The predicted octanol–water partition coefficient (Wildman–Crippen LogP) is 5.71. The van der Waals surface area contributed by atoms with Crippen LogP contribution in [-0.2, 0) is 9.53 Å². The van der Waals surface area contributed by atoms with Gasteiger partial charge in [-0.1, -0.05) is 35.4 Å². The molecule has 0 aromatic heterocycles. The average molecular weight is 617 g/mol. The van der Waals surface area contributed by atoms with Gasteiger partial charge in [0, 0.05) is 5.56 Å². The summed E-state index contributed by atoms with van der Waals surface area (Å²) in [5.74, 6) is 1.85. The van der Waals surface area contributed by atoms with Gasteiger partial charge in [-0.25, -0.2) is 9.79 Å². The fourth-order valence-electron chi connectivity index (χ4n) is 3.18. The molecule has 0 unspecified atom stereocenters. The summed E-state index contributed by atoms with van der Waals surface area (Å²) in [7, 11) is 0. The number of nitrogens with zero attached hydrogens (tertiary/aromatic N) is 1. The van der Waals surface area contributed by atoms with Crippen LogP contribution < -0.4 is 9.47 Å². The number of halogens is 1. The number of aryl methyl sites for hydroxylation is 1. The number of carbonyl (C=O) groups is 2. The molecule has 0 atom stereocenters. The Morgan fingerprint density at radius 2 is 1.89 bits per heavy atom. The molecule has 9 heteroatoms. The zero-order valence-electron chi connectivity index (χ0n) is 20.0. The maximum atomic E-state index is 12.8. The molecular weight excluding hydrogens is 593 g/mol. The van der Waals surface area contributed by atoms with Gasteiger partial charge in [0.25, 0.3) is 5.91 Å². The Morgan fingerprint density at radius 1 is 1.17 bits per heavy atom. The lowest BCUT2D eigenvalue weighted by molar-refractivity contribution is -0.138. The highest BCUT2D eigenvalue weighted by Gasteiger charge is 2.34. The van der Waals surface area contributed by atoms with E-state index in [9.17, 15) is 14.7 Å². The van der Waals surface area contributed by atoms with E-state index in [1.807, 2.05) is 19.9 Å². The molecule has 186 valence electrons. The topological polar surface area (TPSA) is 94.4 Å². The summed E-state index contributed by atoms with van der Waals surface area (Å²) < 4.78 is 17.2. The van der Waals surface area contributed by atoms with Crippen LogP contribution in [-0.4, -0.2) is 41.8 Å².